The molecule has 1 N–H and O–H groups in total. The molecule has 0 aromatic carbocycles. The van der Waals surface area contributed by atoms with Crippen molar-refractivity contribution in [1.29, 1.82) is 0 Å². The predicted octanol–water partition coefficient (Wildman–Crippen LogP) is 1.11. The van der Waals surface area contributed by atoms with Crippen LogP contribution in [0.1, 0.15) is 18.0 Å². The van der Waals surface area contributed by atoms with Gasteiger partial charge in [-0.15, -0.1) is 0 Å². The number of methoxy groups -OCH3 is 1. The highest BCUT2D eigenvalue weighted by Gasteiger charge is 2.33. The van der Waals surface area contributed by atoms with E-state index in [1.54, 1.807) is 19.5 Å². The maximum atomic E-state index is 11.3. The van der Waals surface area contributed by atoms with E-state index in [1.165, 1.54) is 6.20 Å². The number of rotatable bonds is 7. The number of nitrogens with one attached hydrogen (secondary N) is 1. The van der Waals surface area contributed by atoms with Gasteiger partial charge in [0.05, 0.1) is 30.8 Å². The van der Waals surface area contributed by atoms with Gasteiger partial charge < -0.3 is 4.74 Å². The Hall–Kier alpha value is -1.97. The van der Waals surface area contributed by atoms with Crippen LogP contribution in [0.25, 0.3) is 0 Å². The topological polar surface area (TPSA) is 89.3 Å². The Morgan fingerprint density at radius 2 is 2.24 bits per heavy atom. The Morgan fingerprint density at radius 3 is 2.92 bits per heavy atom. The van der Waals surface area contributed by atoms with E-state index in [9.17, 15) is 8.42 Å². The molecule has 1 saturated heterocycles. The van der Waals surface area contributed by atoms with E-state index < -0.39 is 10.0 Å². The lowest BCUT2D eigenvalue weighted by atomic mass is 10.2. The molecule has 1 fully saturated rings. The minimum absolute atomic E-state index is 0.173. The van der Waals surface area contributed by atoms with Gasteiger partial charge in [0, 0.05) is 44.8 Å². The molecule has 25 heavy (non-hydrogen) atoms. The number of aromatic nitrogens is 3. The Labute approximate surface area is 147 Å². The van der Waals surface area contributed by atoms with E-state index >= 15 is 0 Å². The SMILES string of the molecule is COC[C@@H]1C[C@H](n2cc(NS(C)(=O)=O)cn2)CN1Cc1cccnc1. The largest absolute Gasteiger partial charge is 0.383 e. The van der Waals surface area contributed by atoms with Crippen molar-refractivity contribution in [3.8, 4) is 0 Å². The van der Waals surface area contributed by atoms with Crippen molar-refractivity contribution in [1.82, 2.24) is 19.7 Å². The molecule has 0 saturated carbocycles. The summed E-state index contributed by atoms with van der Waals surface area (Å²) in [6.45, 7) is 2.27. The first-order valence-electron chi connectivity index (χ1n) is 8.08. The standard InChI is InChI=1S/C16H23N5O3S/c1-24-12-16-6-15(11-20(16)9-13-4-3-5-17-7-13)21-10-14(8-18-21)19-25(2,22)23/h3-5,7-8,10,15-16,19H,6,9,11-12H2,1-2H3/t15-,16-/m0/s1. The van der Waals surface area contributed by atoms with E-state index in [2.05, 4.69) is 25.8 Å². The third-order valence-electron chi connectivity index (χ3n) is 4.25. The average molecular weight is 365 g/mol. The molecule has 1 aliphatic rings. The molecule has 0 unspecified atom stereocenters. The zero-order valence-electron chi connectivity index (χ0n) is 14.4. The fraction of sp³-hybridized carbons (Fsp3) is 0.500. The molecule has 0 bridgehead atoms. The molecule has 3 heterocycles. The van der Waals surface area contributed by atoms with Crippen LogP contribution < -0.4 is 4.72 Å². The summed E-state index contributed by atoms with van der Waals surface area (Å²) >= 11 is 0. The second-order valence-electron chi connectivity index (χ2n) is 6.37. The number of ether oxygens (including phenoxy) is 1. The first-order valence-corrected chi connectivity index (χ1v) is 9.97. The van der Waals surface area contributed by atoms with Gasteiger partial charge in [-0.1, -0.05) is 6.07 Å². The summed E-state index contributed by atoms with van der Waals surface area (Å²) in [7, 11) is -1.59. The fourth-order valence-electron chi connectivity index (χ4n) is 3.24. The van der Waals surface area contributed by atoms with E-state index in [0.717, 1.165) is 31.3 Å². The van der Waals surface area contributed by atoms with Crippen LogP contribution in [0.5, 0.6) is 0 Å². The Bertz CT molecular complexity index is 793. The first-order chi connectivity index (χ1) is 11.9. The van der Waals surface area contributed by atoms with Gasteiger partial charge in [-0.3, -0.25) is 19.3 Å². The van der Waals surface area contributed by atoms with Crippen LogP contribution >= 0.6 is 0 Å². The summed E-state index contributed by atoms with van der Waals surface area (Å²) in [4.78, 5) is 6.53. The zero-order valence-corrected chi connectivity index (χ0v) is 15.2. The van der Waals surface area contributed by atoms with Crippen molar-refractivity contribution in [3.63, 3.8) is 0 Å². The molecule has 9 heteroatoms. The predicted molar refractivity (Wildman–Crippen MR) is 94.7 cm³/mol. The van der Waals surface area contributed by atoms with Crippen molar-refractivity contribution in [3.05, 3.63) is 42.5 Å². The number of hydrogen-bond donors (Lipinski definition) is 1. The second-order valence-corrected chi connectivity index (χ2v) is 8.12. The molecule has 0 aliphatic carbocycles. The molecule has 1 aliphatic heterocycles. The Morgan fingerprint density at radius 1 is 1.40 bits per heavy atom. The van der Waals surface area contributed by atoms with Crippen LogP contribution in [0, 0.1) is 0 Å². The van der Waals surface area contributed by atoms with E-state index in [-0.39, 0.29) is 12.1 Å². The van der Waals surface area contributed by atoms with Gasteiger partial charge >= 0.3 is 0 Å². The zero-order chi connectivity index (χ0) is 17.9. The van der Waals surface area contributed by atoms with Gasteiger partial charge in [0.25, 0.3) is 0 Å². The van der Waals surface area contributed by atoms with Gasteiger partial charge in [-0.05, 0) is 18.1 Å². The maximum absolute atomic E-state index is 11.3. The molecule has 2 aromatic heterocycles. The Balaban J connectivity index is 1.71. The number of sulfonamides is 1. The number of nitrogens with zero attached hydrogens (tertiary/aromatic N) is 4. The van der Waals surface area contributed by atoms with Crippen molar-refractivity contribution in [2.24, 2.45) is 0 Å². The molecule has 3 rings (SSSR count). The maximum Gasteiger partial charge on any atom is 0.229 e. The number of likely N-dealkylation sites (tertiary alicyclic amines) is 1. The van der Waals surface area contributed by atoms with Crippen LogP contribution in [0.4, 0.5) is 5.69 Å². The lowest BCUT2D eigenvalue weighted by Crippen LogP contribution is -2.32. The summed E-state index contributed by atoms with van der Waals surface area (Å²) in [5, 5.41) is 4.33. The lowest BCUT2D eigenvalue weighted by molar-refractivity contribution is 0.112. The second kappa shape index (κ2) is 7.51. The van der Waals surface area contributed by atoms with Crippen LogP contribution in [0.3, 0.4) is 0 Å². The van der Waals surface area contributed by atoms with Crippen molar-refractivity contribution >= 4 is 15.7 Å². The third-order valence-corrected chi connectivity index (χ3v) is 4.86. The normalized spacial score (nSPS) is 21.5. The highest BCUT2D eigenvalue weighted by Crippen LogP contribution is 2.29. The van der Waals surface area contributed by atoms with Gasteiger partial charge in [-0.25, -0.2) is 8.42 Å². The first kappa shape index (κ1) is 17.8. The highest BCUT2D eigenvalue weighted by atomic mass is 32.2. The summed E-state index contributed by atoms with van der Waals surface area (Å²) in [5.41, 5.74) is 1.64. The lowest BCUT2D eigenvalue weighted by Gasteiger charge is -2.23. The summed E-state index contributed by atoms with van der Waals surface area (Å²) < 4.78 is 32.3. The molecule has 2 aromatic rings. The van der Waals surface area contributed by atoms with E-state index in [1.807, 2.05) is 16.9 Å². The number of anilines is 1. The van der Waals surface area contributed by atoms with E-state index in [4.69, 9.17) is 4.74 Å². The molecule has 8 nitrogen and oxygen atoms in total. The van der Waals surface area contributed by atoms with Crippen LogP contribution in [-0.2, 0) is 21.3 Å². The minimum Gasteiger partial charge on any atom is -0.383 e. The monoisotopic (exact) mass is 365 g/mol. The quantitative estimate of drug-likeness (QED) is 0.791. The molecular weight excluding hydrogens is 342 g/mol. The molecular formula is C16H23N5O3S. The van der Waals surface area contributed by atoms with Crippen molar-refractivity contribution in [2.75, 3.05) is 31.2 Å². The molecule has 0 radical (unpaired) electrons. The molecule has 136 valence electrons. The van der Waals surface area contributed by atoms with Gasteiger partial charge in [0.2, 0.25) is 10.0 Å². The fourth-order valence-corrected chi connectivity index (χ4v) is 3.77. The van der Waals surface area contributed by atoms with Crippen molar-refractivity contribution in [2.45, 2.75) is 25.0 Å². The van der Waals surface area contributed by atoms with Gasteiger partial charge in [0.15, 0.2) is 0 Å². The van der Waals surface area contributed by atoms with Crippen LogP contribution in [-0.4, -0.2) is 60.6 Å². The molecule has 0 amide bonds. The molecule has 0 spiro atoms. The summed E-state index contributed by atoms with van der Waals surface area (Å²) in [6.07, 6.45) is 8.94. The van der Waals surface area contributed by atoms with Crippen molar-refractivity contribution < 1.29 is 13.2 Å². The van der Waals surface area contributed by atoms with Gasteiger partial charge in [-0.2, -0.15) is 5.10 Å². The van der Waals surface area contributed by atoms with Crippen LogP contribution in [0.2, 0.25) is 0 Å². The smallest absolute Gasteiger partial charge is 0.229 e. The van der Waals surface area contributed by atoms with Crippen LogP contribution in [0.15, 0.2) is 36.9 Å². The summed E-state index contributed by atoms with van der Waals surface area (Å²) in [6, 6.07) is 4.45. The summed E-state index contributed by atoms with van der Waals surface area (Å²) in [5.74, 6) is 0. The number of pyridine rings is 1. The average Bonchev–Trinajstić information content (AvgIpc) is 3.15. The minimum atomic E-state index is -3.30. The molecule has 2 atom stereocenters. The van der Waals surface area contributed by atoms with Gasteiger partial charge in [0.1, 0.15) is 0 Å². The third kappa shape index (κ3) is 4.77. The highest BCUT2D eigenvalue weighted by molar-refractivity contribution is 7.92. The van der Waals surface area contributed by atoms with E-state index in [0.29, 0.717) is 12.3 Å². The number of hydrogen-bond acceptors (Lipinski definition) is 6. The Kier molecular flexibility index (Phi) is 5.36.